The first-order valence-corrected chi connectivity index (χ1v) is 11.0. The number of hydrogen-bond donors (Lipinski definition) is 0. The van der Waals surface area contributed by atoms with Crippen LogP contribution in [0.2, 0.25) is 0 Å². The van der Waals surface area contributed by atoms with Crippen molar-refractivity contribution >= 4 is 39.2 Å². The van der Waals surface area contributed by atoms with Gasteiger partial charge in [0.1, 0.15) is 11.5 Å². The normalized spacial score (nSPS) is 11.4. The van der Waals surface area contributed by atoms with E-state index in [0.29, 0.717) is 30.1 Å². The van der Waals surface area contributed by atoms with Crippen LogP contribution in [0.5, 0.6) is 11.5 Å². The Morgan fingerprint density at radius 3 is 2.69 bits per heavy atom. The fourth-order valence-electron chi connectivity index (χ4n) is 2.73. The molecule has 0 aliphatic carbocycles. The first-order chi connectivity index (χ1) is 14.1. The van der Waals surface area contributed by atoms with Gasteiger partial charge in [-0.25, -0.2) is 0 Å². The van der Waals surface area contributed by atoms with Crippen LogP contribution in [0.1, 0.15) is 13.3 Å². The highest BCUT2D eigenvalue weighted by Gasteiger charge is 2.09. The van der Waals surface area contributed by atoms with Crippen LogP contribution in [-0.4, -0.2) is 29.9 Å². The monoisotopic (exact) mass is 426 g/mol. The number of rotatable bonds is 8. The van der Waals surface area contributed by atoms with Crippen LogP contribution in [0.4, 0.5) is 0 Å². The maximum absolute atomic E-state index is 12.4. The molecule has 0 bridgehead atoms. The number of ether oxygens (including phenoxy) is 2. The molecule has 0 unspecified atom stereocenters. The molecule has 0 radical (unpaired) electrons. The van der Waals surface area contributed by atoms with Gasteiger partial charge in [0.2, 0.25) is 5.91 Å². The van der Waals surface area contributed by atoms with E-state index in [9.17, 15) is 4.79 Å². The third-order valence-electron chi connectivity index (χ3n) is 4.08. The SMILES string of the molecule is C#CCn1c(=NC(=O)CCSc2ccc(OC)cc2)sc2cc(OCC)ccc21. The molecule has 2 aromatic carbocycles. The van der Waals surface area contributed by atoms with Crippen LogP contribution >= 0.6 is 23.1 Å². The van der Waals surface area contributed by atoms with Gasteiger partial charge in [0.25, 0.3) is 0 Å². The van der Waals surface area contributed by atoms with Crippen molar-refractivity contribution in [2.45, 2.75) is 24.8 Å². The molecule has 1 aromatic heterocycles. The zero-order valence-electron chi connectivity index (χ0n) is 16.4. The number of thiazole rings is 1. The molecule has 0 atom stereocenters. The van der Waals surface area contributed by atoms with E-state index in [2.05, 4.69) is 10.9 Å². The average Bonchev–Trinajstić information content (AvgIpc) is 3.05. The second-order valence-electron chi connectivity index (χ2n) is 6.02. The molecule has 5 nitrogen and oxygen atoms in total. The van der Waals surface area contributed by atoms with Crippen molar-refractivity contribution in [1.29, 1.82) is 0 Å². The van der Waals surface area contributed by atoms with Crippen LogP contribution in [-0.2, 0) is 11.3 Å². The third-order valence-corrected chi connectivity index (χ3v) is 6.13. The number of nitrogens with zero attached hydrogens (tertiary/aromatic N) is 2. The van der Waals surface area contributed by atoms with E-state index in [1.807, 2.05) is 54.0 Å². The predicted molar refractivity (Wildman–Crippen MR) is 119 cm³/mol. The summed E-state index contributed by atoms with van der Waals surface area (Å²) in [5.41, 5.74) is 0.954. The molecule has 0 saturated carbocycles. The average molecular weight is 427 g/mol. The maximum Gasteiger partial charge on any atom is 0.249 e. The highest BCUT2D eigenvalue weighted by Crippen LogP contribution is 2.24. The fraction of sp³-hybridized carbons (Fsp3) is 0.273. The summed E-state index contributed by atoms with van der Waals surface area (Å²) in [6.07, 6.45) is 5.88. The molecule has 1 heterocycles. The van der Waals surface area contributed by atoms with E-state index in [4.69, 9.17) is 15.9 Å². The number of carbonyl (C=O) groups excluding carboxylic acids is 1. The van der Waals surface area contributed by atoms with Crippen molar-refractivity contribution < 1.29 is 14.3 Å². The number of benzene rings is 2. The van der Waals surface area contributed by atoms with Crippen LogP contribution in [0.15, 0.2) is 52.4 Å². The van der Waals surface area contributed by atoms with Crippen molar-refractivity contribution in [1.82, 2.24) is 4.57 Å². The van der Waals surface area contributed by atoms with Gasteiger partial charge < -0.3 is 14.0 Å². The van der Waals surface area contributed by atoms with Gasteiger partial charge in [0.15, 0.2) is 4.80 Å². The van der Waals surface area contributed by atoms with E-state index >= 15 is 0 Å². The lowest BCUT2D eigenvalue weighted by atomic mass is 10.3. The topological polar surface area (TPSA) is 52.8 Å². The highest BCUT2D eigenvalue weighted by atomic mass is 32.2. The smallest absolute Gasteiger partial charge is 0.249 e. The highest BCUT2D eigenvalue weighted by molar-refractivity contribution is 7.99. The van der Waals surface area contributed by atoms with Gasteiger partial charge in [-0.05, 0) is 49.4 Å². The molecule has 3 aromatic rings. The summed E-state index contributed by atoms with van der Waals surface area (Å²) in [4.78, 5) is 18.5. The van der Waals surface area contributed by atoms with Crippen molar-refractivity contribution in [2.24, 2.45) is 4.99 Å². The summed E-state index contributed by atoms with van der Waals surface area (Å²) in [5, 5.41) is 0. The molecule has 0 aliphatic rings. The van der Waals surface area contributed by atoms with Gasteiger partial charge in [-0.1, -0.05) is 17.3 Å². The molecular formula is C22H22N2O3S2. The molecule has 7 heteroatoms. The fourth-order valence-corrected chi connectivity index (χ4v) is 4.65. The molecular weight excluding hydrogens is 404 g/mol. The van der Waals surface area contributed by atoms with Gasteiger partial charge >= 0.3 is 0 Å². The number of amides is 1. The lowest BCUT2D eigenvalue weighted by Crippen LogP contribution is -2.16. The van der Waals surface area contributed by atoms with Crippen LogP contribution < -0.4 is 14.3 Å². The van der Waals surface area contributed by atoms with Gasteiger partial charge in [-0.15, -0.1) is 18.2 Å². The van der Waals surface area contributed by atoms with Crippen LogP contribution in [0.3, 0.4) is 0 Å². The molecule has 29 heavy (non-hydrogen) atoms. The number of terminal acetylenes is 1. The van der Waals surface area contributed by atoms with E-state index in [-0.39, 0.29) is 5.91 Å². The van der Waals surface area contributed by atoms with Crippen molar-refractivity contribution in [3.8, 4) is 23.8 Å². The molecule has 0 spiro atoms. The minimum atomic E-state index is -0.159. The quantitative estimate of drug-likeness (QED) is 0.397. The summed E-state index contributed by atoms with van der Waals surface area (Å²) < 4.78 is 13.6. The summed E-state index contributed by atoms with van der Waals surface area (Å²) in [5.74, 6) is 4.75. The Labute approximate surface area is 178 Å². The van der Waals surface area contributed by atoms with Gasteiger partial charge in [-0.3, -0.25) is 4.79 Å². The van der Waals surface area contributed by atoms with Crippen LogP contribution in [0, 0.1) is 12.3 Å². The standard InChI is InChI=1S/C22H22N2O3S2/c1-4-13-24-19-11-8-17(27-5-2)15-20(19)29-22(24)23-21(25)12-14-28-18-9-6-16(26-3)7-10-18/h1,6-11,15H,5,12-14H2,2-3H3. The van der Waals surface area contributed by atoms with Gasteiger partial charge in [-0.2, -0.15) is 4.99 Å². The van der Waals surface area contributed by atoms with Gasteiger partial charge in [0.05, 0.1) is 30.5 Å². The molecule has 3 rings (SSSR count). The summed E-state index contributed by atoms with van der Waals surface area (Å²) in [6.45, 7) is 2.91. The Morgan fingerprint density at radius 2 is 2.00 bits per heavy atom. The first kappa shape index (κ1) is 21.0. The van der Waals surface area contributed by atoms with E-state index in [0.717, 1.165) is 26.6 Å². The van der Waals surface area contributed by atoms with E-state index in [1.165, 1.54) is 11.3 Å². The minimum Gasteiger partial charge on any atom is -0.497 e. The molecule has 0 N–H and O–H groups in total. The predicted octanol–water partition coefficient (Wildman–Crippen LogP) is 4.35. The minimum absolute atomic E-state index is 0.159. The van der Waals surface area contributed by atoms with Gasteiger partial charge in [0, 0.05) is 17.1 Å². The van der Waals surface area contributed by atoms with Crippen molar-refractivity contribution in [3.63, 3.8) is 0 Å². The molecule has 1 amide bonds. The number of hydrogen-bond acceptors (Lipinski definition) is 5. The molecule has 0 saturated heterocycles. The van der Waals surface area contributed by atoms with E-state index < -0.39 is 0 Å². The zero-order chi connectivity index (χ0) is 20.6. The Kier molecular flexibility index (Phi) is 7.39. The summed E-state index contributed by atoms with van der Waals surface area (Å²) >= 11 is 3.06. The summed E-state index contributed by atoms with van der Waals surface area (Å²) in [6, 6.07) is 13.6. The number of aromatic nitrogens is 1. The second kappa shape index (κ2) is 10.2. The number of thioether (sulfide) groups is 1. The van der Waals surface area contributed by atoms with Crippen molar-refractivity contribution in [3.05, 3.63) is 47.3 Å². The molecule has 0 aliphatic heterocycles. The third kappa shape index (κ3) is 5.43. The molecule has 0 fully saturated rings. The Bertz CT molecular complexity index is 1090. The zero-order valence-corrected chi connectivity index (χ0v) is 18.0. The maximum atomic E-state index is 12.4. The first-order valence-electron chi connectivity index (χ1n) is 9.18. The van der Waals surface area contributed by atoms with Crippen molar-refractivity contribution in [2.75, 3.05) is 19.5 Å². The largest absolute Gasteiger partial charge is 0.497 e. The molecule has 150 valence electrons. The van der Waals surface area contributed by atoms with E-state index in [1.54, 1.807) is 18.9 Å². The number of carbonyl (C=O) groups is 1. The second-order valence-corrected chi connectivity index (χ2v) is 8.19. The number of methoxy groups -OCH3 is 1. The lowest BCUT2D eigenvalue weighted by Gasteiger charge is -2.03. The lowest BCUT2D eigenvalue weighted by molar-refractivity contribution is -0.117. The van der Waals surface area contributed by atoms with Crippen LogP contribution in [0.25, 0.3) is 10.2 Å². The Balaban J connectivity index is 1.74. The Hall–Kier alpha value is -2.69. The number of fused-ring (bicyclic) bond motifs is 1. The summed E-state index contributed by atoms with van der Waals surface area (Å²) in [7, 11) is 1.64. The Morgan fingerprint density at radius 1 is 1.24 bits per heavy atom.